The highest BCUT2D eigenvalue weighted by atomic mass is 16.6. The van der Waals surface area contributed by atoms with Gasteiger partial charge in [-0.05, 0) is 11.6 Å². The summed E-state index contributed by atoms with van der Waals surface area (Å²) in [5, 5.41) is 10.6. The fraction of sp³-hybridized carbons (Fsp3) is 0.0714. The summed E-state index contributed by atoms with van der Waals surface area (Å²) in [7, 11) is 0. The van der Waals surface area contributed by atoms with Crippen LogP contribution in [0.3, 0.4) is 0 Å². The van der Waals surface area contributed by atoms with E-state index in [-0.39, 0.29) is 23.6 Å². The number of nitrogens with two attached hydrogens (primary N) is 1. The van der Waals surface area contributed by atoms with Gasteiger partial charge in [-0.1, -0.05) is 30.3 Å². The van der Waals surface area contributed by atoms with Crippen molar-refractivity contribution in [1.29, 1.82) is 0 Å². The van der Waals surface area contributed by atoms with Gasteiger partial charge in [0.15, 0.2) is 5.78 Å². The molecule has 2 aromatic carbocycles. The quantitative estimate of drug-likeness (QED) is 0.394. The molecule has 0 aromatic heterocycles. The second-order valence-corrected chi connectivity index (χ2v) is 4.11. The van der Waals surface area contributed by atoms with Gasteiger partial charge in [0.1, 0.15) is 0 Å². The van der Waals surface area contributed by atoms with E-state index < -0.39 is 4.92 Å². The lowest BCUT2D eigenvalue weighted by Gasteiger charge is -2.05. The van der Waals surface area contributed by atoms with Crippen LogP contribution in [0.4, 0.5) is 11.4 Å². The summed E-state index contributed by atoms with van der Waals surface area (Å²) < 4.78 is 0. The van der Waals surface area contributed by atoms with Gasteiger partial charge in [-0.2, -0.15) is 0 Å². The molecule has 2 aromatic rings. The van der Waals surface area contributed by atoms with Crippen LogP contribution in [0.2, 0.25) is 0 Å². The Bertz CT molecular complexity index is 624. The molecule has 0 spiro atoms. The Morgan fingerprint density at radius 3 is 2.42 bits per heavy atom. The zero-order valence-corrected chi connectivity index (χ0v) is 10.1. The predicted octanol–water partition coefficient (Wildman–Crippen LogP) is 2.60. The number of anilines is 1. The Labute approximate surface area is 109 Å². The topological polar surface area (TPSA) is 86.2 Å². The minimum Gasteiger partial charge on any atom is -0.398 e. The average Bonchev–Trinajstić information content (AvgIpc) is 2.41. The van der Waals surface area contributed by atoms with Crippen molar-refractivity contribution in [2.45, 2.75) is 6.42 Å². The third-order valence-electron chi connectivity index (χ3n) is 2.79. The number of hydrogen-bond acceptors (Lipinski definition) is 4. The Morgan fingerprint density at radius 1 is 1.16 bits per heavy atom. The van der Waals surface area contributed by atoms with Crippen LogP contribution in [0.15, 0.2) is 48.5 Å². The average molecular weight is 256 g/mol. The van der Waals surface area contributed by atoms with E-state index in [9.17, 15) is 14.9 Å². The number of nitrogen functional groups attached to an aromatic ring is 1. The number of Topliss-reactive ketones (excluding diaryl/α,β-unsaturated/α-hetero) is 1. The van der Waals surface area contributed by atoms with E-state index in [2.05, 4.69) is 0 Å². The lowest BCUT2D eigenvalue weighted by atomic mass is 10.0. The van der Waals surface area contributed by atoms with Gasteiger partial charge in [0.05, 0.1) is 4.92 Å². The van der Waals surface area contributed by atoms with E-state index in [0.717, 1.165) is 0 Å². The Kier molecular flexibility index (Phi) is 3.56. The molecule has 96 valence electrons. The zero-order chi connectivity index (χ0) is 13.8. The summed E-state index contributed by atoms with van der Waals surface area (Å²) in [4.78, 5) is 22.1. The molecule has 19 heavy (non-hydrogen) atoms. The number of rotatable bonds is 4. The number of hydrogen-bond donors (Lipinski definition) is 1. The fourth-order valence-corrected chi connectivity index (χ4v) is 1.76. The maximum atomic E-state index is 12.0. The molecule has 0 unspecified atom stereocenters. The van der Waals surface area contributed by atoms with Crippen molar-refractivity contribution in [2.75, 3.05) is 5.73 Å². The molecule has 0 fully saturated rings. The molecule has 0 heterocycles. The van der Waals surface area contributed by atoms with E-state index in [4.69, 9.17) is 5.73 Å². The number of nitro groups is 1. The van der Waals surface area contributed by atoms with Gasteiger partial charge >= 0.3 is 0 Å². The van der Waals surface area contributed by atoms with Crippen LogP contribution in [0.1, 0.15) is 15.9 Å². The molecular weight excluding hydrogens is 244 g/mol. The first-order chi connectivity index (χ1) is 9.08. The maximum Gasteiger partial charge on any atom is 0.271 e. The van der Waals surface area contributed by atoms with Crippen LogP contribution in [-0.2, 0) is 6.42 Å². The summed E-state index contributed by atoms with van der Waals surface area (Å²) >= 11 is 0. The fourth-order valence-electron chi connectivity index (χ4n) is 1.76. The molecule has 2 N–H and O–H groups in total. The largest absolute Gasteiger partial charge is 0.398 e. The number of non-ortho nitro benzene ring substituents is 1. The standard InChI is InChI=1S/C14H12N2O3/c15-13-9-12(16(18)19)7-6-11(13)8-14(17)10-4-2-1-3-5-10/h1-7,9H,8,15H2. The molecule has 0 amide bonds. The van der Waals surface area contributed by atoms with Crippen molar-refractivity contribution >= 4 is 17.2 Å². The van der Waals surface area contributed by atoms with Gasteiger partial charge in [0.2, 0.25) is 0 Å². The van der Waals surface area contributed by atoms with E-state index in [1.54, 1.807) is 24.3 Å². The molecule has 2 rings (SSSR count). The number of carbonyl (C=O) groups excluding carboxylic acids is 1. The first kappa shape index (κ1) is 12.8. The Hall–Kier alpha value is -2.69. The van der Waals surface area contributed by atoms with E-state index in [0.29, 0.717) is 11.1 Å². The van der Waals surface area contributed by atoms with Gasteiger partial charge in [0, 0.05) is 29.8 Å². The van der Waals surface area contributed by atoms with Crippen LogP contribution in [0.25, 0.3) is 0 Å². The minimum absolute atomic E-state index is 0.0684. The SMILES string of the molecule is Nc1cc([N+](=O)[O-])ccc1CC(=O)c1ccccc1. The monoisotopic (exact) mass is 256 g/mol. The van der Waals surface area contributed by atoms with Crippen molar-refractivity contribution in [3.05, 3.63) is 69.8 Å². The van der Waals surface area contributed by atoms with Crippen molar-refractivity contribution in [1.82, 2.24) is 0 Å². The summed E-state index contributed by atoms with van der Waals surface area (Å²) in [5.41, 5.74) is 7.11. The lowest BCUT2D eigenvalue weighted by Crippen LogP contribution is -2.06. The second kappa shape index (κ2) is 5.30. The minimum atomic E-state index is -0.515. The van der Waals surface area contributed by atoms with Crippen molar-refractivity contribution in [3.8, 4) is 0 Å². The molecular formula is C14H12N2O3. The van der Waals surface area contributed by atoms with Crippen LogP contribution in [0, 0.1) is 10.1 Å². The van der Waals surface area contributed by atoms with Gasteiger partial charge in [-0.25, -0.2) is 0 Å². The number of nitro benzene ring substituents is 1. The molecule has 0 saturated heterocycles. The zero-order valence-electron chi connectivity index (χ0n) is 10.1. The molecule has 0 atom stereocenters. The van der Waals surface area contributed by atoms with Crippen LogP contribution in [-0.4, -0.2) is 10.7 Å². The lowest BCUT2D eigenvalue weighted by molar-refractivity contribution is -0.384. The highest BCUT2D eigenvalue weighted by molar-refractivity contribution is 5.98. The molecule has 5 heteroatoms. The first-order valence-electron chi connectivity index (χ1n) is 5.69. The number of benzene rings is 2. The van der Waals surface area contributed by atoms with Crippen molar-refractivity contribution < 1.29 is 9.72 Å². The van der Waals surface area contributed by atoms with Gasteiger partial charge in [0.25, 0.3) is 5.69 Å². The number of ketones is 1. The van der Waals surface area contributed by atoms with E-state index in [1.807, 2.05) is 6.07 Å². The van der Waals surface area contributed by atoms with Crippen LogP contribution in [0.5, 0.6) is 0 Å². The van der Waals surface area contributed by atoms with Crippen molar-refractivity contribution in [2.24, 2.45) is 0 Å². The summed E-state index contributed by atoms with van der Waals surface area (Å²) in [6.45, 7) is 0. The van der Waals surface area contributed by atoms with E-state index in [1.165, 1.54) is 18.2 Å². The molecule has 0 aliphatic rings. The Balaban J connectivity index is 2.20. The highest BCUT2D eigenvalue weighted by Crippen LogP contribution is 2.21. The van der Waals surface area contributed by atoms with E-state index >= 15 is 0 Å². The molecule has 0 saturated carbocycles. The third-order valence-corrected chi connectivity index (χ3v) is 2.79. The molecule has 5 nitrogen and oxygen atoms in total. The summed E-state index contributed by atoms with van der Waals surface area (Å²) in [6, 6.07) is 13.0. The predicted molar refractivity (Wildman–Crippen MR) is 72.0 cm³/mol. The third kappa shape index (κ3) is 2.95. The molecule has 0 aliphatic heterocycles. The maximum absolute atomic E-state index is 12.0. The van der Waals surface area contributed by atoms with Crippen LogP contribution < -0.4 is 5.73 Å². The van der Waals surface area contributed by atoms with Crippen LogP contribution >= 0.6 is 0 Å². The van der Waals surface area contributed by atoms with Gasteiger partial charge in [-0.15, -0.1) is 0 Å². The number of nitrogens with zero attached hydrogens (tertiary/aromatic N) is 1. The Morgan fingerprint density at radius 2 is 1.84 bits per heavy atom. The van der Waals surface area contributed by atoms with Gasteiger partial charge < -0.3 is 5.73 Å². The summed E-state index contributed by atoms with van der Waals surface area (Å²) in [6.07, 6.45) is 0.133. The first-order valence-corrected chi connectivity index (χ1v) is 5.69. The summed E-state index contributed by atoms with van der Waals surface area (Å²) in [5.74, 6) is -0.0684. The molecule has 0 radical (unpaired) electrons. The highest BCUT2D eigenvalue weighted by Gasteiger charge is 2.12. The second-order valence-electron chi connectivity index (χ2n) is 4.11. The smallest absolute Gasteiger partial charge is 0.271 e. The number of carbonyl (C=O) groups is 1. The normalized spacial score (nSPS) is 10.1. The van der Waals surface area contributed by atoms with Crippen molar-refractivity contribution in [3.63, 3.8) is 0 Å². The molecule has 0 aliphatic carbocycles. The molecule has 0 bridgehead atoms. The van der Waals surface area contributed by atoms with Gasteiger partial charge in [-0.3, -0.25) is 14.9 Å².